The summed E-state index contributed by atoms with van der Waals surface area (Å²) in [6, 6.07) is -0.758. The molecule has 0 aromatic heterocycles. The first-order valence-electron chi connectivity index (χ1n) is 35.1. The molecule has 0 rings (SSSR count). The van der Waals surface area contributed by atoms with Crippen LogP contribution in [0.5, 0.6) is 0 Å². The number of nitrogens with one attached hydrogen (secondary N) is 1. The Hall–Kier alpha value is -0.760. The summed E-state index contributed by atoms with van der Waals surface area (Å²) in [5, 5.41) is 14.2. The molecule has 3 unspecified atom stereocenters. The molecule has 466 valence electrons. The molecule has 0 radical (unpaired) electrons. The Labute approximate surface area is 488 Å². The molecule has 0 saturated carbocycles. The van der Waals surface area contributed by atoms with Gasteiger partial charge in [0.25, 0.3) is 0 Å². The SMILES string of the molecule is CCCCCCCCCC/C=C\CCCCCCCCCCCCCCCCCCCCCC(=O)NC(COP(=O)(O)OCC[N+](C)(C)C)C(O)CCCCCCCCCCCCCCCCCCCCCCCCCCC. The third-order valence-corrected chi connectivity index (χ3v) is 17.5. The summed E-state index contributed by atoms with van der Waals surface area (Å²) < 4.78 is 23.9. The fraction of sp³-hybridized carbons (Fsp3) is 0.957. The highest BCUT2D eigenvalue weighted by molar-refractivity contribution is 7.47. The van der Waals surface area contributed by atoms with Crippen LogP contribution in [-0.2, 0) is 18.4 Å². The molecule has 3 N–H and O–H groups in total. The number of allylic oxidation sites excluding steroid dienone is 2. The second-order valence-electron chi connectivity index (χ2n) is 25.6. The number of phosphoric acid groups is 1. The molecule has 0 fully saturated rings. The molecule has 0 aliphatic carbocycles. The van der Waals surface area contributed by atoms with Gasteiger partial charge in [-0.3, -0.25) is 13.8 Å². The van der Waals surface area contributed by atoms with Crippen molar-refractivity contribution >= 4 is 13.7 Å². The van der Waals surface area contributed by atoms with Crippen LogP contribution in [0.2, 0.25) is 0 Å². The highest BCUT2D eigenvalue weighted by Gasteiger charge is 2.28. The number of quaternary nitrogens is 1. The lowest BCUT2D eigenvalue weighted by Gasteiger charge is -2.26. The first kappa shape index (κ1) is 77.2. The number of amides is 1. The lowest BCUT2D eigenvalue weighted by Crippen LogP contribution is -2.46. The van der Waals surface area contributed by atoms with Gasteiger partial charge in [0.1, 0.15) is 13.2 Å². The fourth-order valence-corrected chi connectivity index (χ4v) is 11.8. The minimum Gasteiger partial charge on any atom is -0.391 e. The molecule has 0 aliphatic heterocycles. The Morgan fingerprint density at radius 2 is 0.692 bits per heavy atom. The second kappa shape index (κ2) is 60.8. The van der Waals surface area contributed by atoms with Gasteiger partial charge >= 0.3 is 7.82 Å². The minimum absolute atomic E-state index is 0.0784. The maximum Gasteiger partial charge on any atom is 0.472 e. The second-order valence-corrected chi connectivity index (χ2v) is 27.1. The smallest absolute Gasteiger partial charge is 0.391 e. The molecule has 0 saturated heterocycles. The molecule has 0 heterocycles. The van der Waals surface area contributed by atoms with E-state index >= 15 is 0 Å². The van der Waals surface area contributed by atoms with Crippen LogP contribution < -0.4 is 5.32 Å². The largest absolute Gasteiger partial charge is 0.472 e. The first-order chi connectivity index (χ1) is 38.0. The van der Waals surface area contributed by atoms with Crippen molar-refractivity contribution in [3.05, 3.63) is 12.2 Å². The van der Waals surface area contributed by atoms with Gasteiger partial charge in [0, 0.05) is 6.42 Å². The van der Waals surface area contributed by atoms with Crippen molar-refractivity contribution in [2.75, 3.05) is 40.9 Å². The Bertz CT molecular complexity index is 1280. The van der Waals surface area contributed by atoms with Gasteiger partial charge in [-0.25, -0.2) is 4.57 Å². The molecular weight excluding hydrogens is 984 g/mol. The predicted octanol–water partition coefficient (Wildman–Crippen LogP) is 22.1. The van der Waals surface area contributed by atoms with E-state index < -0.39 is 20.0 Å². The van der Waals surface area contributed by atoms with Crippen molar-refractivity contribution in [1.82, 2.24) is 5.32 Å². The standard InChI is InChI=1S/C69H139N2O6P/c1-6-8-10-12-14-16-18-20-22-24-26-28-30-32-33-34-35-36-37-39-41-43-45-47-49-51-53-55-57-59-61-63-69(73)70-67(66-77-78(74,75)76-65-64-71(3,4)5)68(72)62-60-58-56-54-52-50-48-46-44-42-40-38-31-29-27-25-23-21-19-17-15-13-11-9-7-2/h24,26,67-68,72H,6-23,25,27-66H2,1-5H3,(H-,70,73,74,75)/p+1/b26-24-. The van der Waals surface area contributed by atoms with Crippen LogP contribution in [-0.4, -0.2) is 73.4 Å². The average molecular weight is 1120 g/mol. The number of nitrogens with zero attached hydrogens (tertiary/aromatic N) is 1. The number of hydrogen-bond donors (Lipinski definition) is 3. The van der Waals surface area contributed by atoms with E-state index in [1.54, 1.807) is 0 Å². The van der Waals surface area contributed by atoms with Gasteiger partial charge in [0.15, 0.2) is 0 Å². The van der Waals surface area contributed by atoms with E-state index in [0.717, 1.165) is 38.5 Å². The fourth-order valence-electron chi connectivity index (χ4n) is 11.0. The van der Waals surface area contributed by atoms with Gasteiger partial charge in [-0.05, 0) is 38.5 Å². The molecule has 0 aromatic rings. The van der Waals surface area contributed by atoms with E-state index in [0.29, 0.717) is 23.9 Å². The van der Waals surface area contributed by atoms with E-state index in [1.807, 2.05) is 21.1 Å². The normalized spacial score (nSPS) is 13.7. The zero-order valence-electron chi connectivity index (χ0n) is 53.5. The zero-order chi connectivity index (χ0) is 57.0. The third-order valence-electron chi connectivity index (χ3n) is 16.5. The quantitative estimate of drug-likeness (QED) is 0.0243. The van der Waals surface area contributed by atoms with Gasteiger partial charge < -0.3 is 19.8 Å². The Balaban J connectivity index is 3.99. The molecule has 8 nitrogen and oxygen atoms in total. The number of hydrogen-bond acceptors (Lipinski definition) is 5. The molecule has 0 aromatic carbocycles. The lowest BCUT2D eigenvalue weighted by atomic mass is 10.0. The summed E-state index contributed by atoms with van der Waals surface area (Å²) in [5.41, 5.74) is 0. The van der Waals surface area contributed by atoms with Crippen LogP contribution in [0.25, 0.3) is 0 Å². The Morgan fingerprint density at radius 3 is 0.987 bits per heavy atom. The van der Waals surface area contributed by atoms with Crippen molar-refractivity contribution in [2.45, 2.75) is 386 Å². The Kier molecular flexibility index (Phi) is 60.2. The number of likely N-dealkylation sites (N-methyl/N-ethyl adjacent to an activating group) is 1. The summed E-state index contributed by atoms with van der Waals surface area (Å²) in [7, 11) is 1.64. The van der Waals surface area contributed by atoms with Crippen LogP contribution in [0.4, 0.5) is 0 Å². The molecular formula is C69H140N2O6P+. The number of carbonyl (C=O) groups is 1. The molecule has 3 atom stereocenters. The van der Waals surface area contributed by atoms with Crippen LogP contribution in [0.3, 0.4) is 0 Å². The molecule has 9 heteroatoms. The van der Waals surface area contributed by atoms with E-state index in [9.17, 15) is 19.4 Å². The van der Waals surface area contributed by atoms with Crippen LogP contribution in [0.15, 0.2) is 12.2 Å². The van der Waals surface area contributed by atoms with E-state index in [4.69, 9.17) is 9.05 Å². The van der Waals surface area contributed by atoms with Gasteiger partial charge in [0.05, 0.1) is 39.9 Å². The van der Waals surface area contributed by atoms with Crippen molar-refractivity contribution in [3.8, 4) is 0 Å². The van der Waals surface area contributed by atoms with Gasteiger partial charge in [-0.15, -0.1) is 0 Å². The summed E-state index contributed by atoms with van der Waals surface area (Å²) in [4.78, 5) is 23.5. The topological polar surface area (TPSA) is 105 Å². The van der Waals surface area contributed by atoms with Crippen LogP contribution >= 0.6 is 7.82 Å². The van der Waals surface area contributed by atoms with Crippen molar-refractivity contribution in [2.24, 2.45) is 0 Å². The van der Waals surface area contributed by atoms with Crippen LogP contribution in [0.1, 0.15) is 373 Å². The van der Waals surface area contributed by atoms with Crippen molar-refractivity contribution < 1.29 is 32.9 Å². The van der Waals surface area contributed by atoms with E-state index in [1.165, 1.54) is 308 Å². The number of rotatable bonds is 66. The average Bonchev–Trinajstić information content (AvgIpc) is 3.41. The zero-order valence-corrected chi connectivity index (χ0v) is 54.3. The van der Waals surface area contributed by atoms with Crippen LogP contribution in [0, 0.1) is 0 Å². The summed E-state index contributed by atoms with van der Waals surface area (Å²) in [6.07, 6.45) is 77.4. The van der Waals surface area contributed by atoms with Gasteiger partial charge in [-0.2, -0.15) is 0 Å². The summed E-state index contributed by atoms with van der Waals surface area (Å²) in [6.45, 7) is 4.96. The number of phosphoric ester groups is 1. The molecule has 0 aliphatic rings. The Morgan fingerprint density at radius 1 is 0.423 bits per heavy atom. The highest BCUT2D eigenvalue weighted by Crippen LogP contribution is 2.43. The van der Waals surface area contributed by atoms with Gasteiger partial charge in [0.2, 0.25) is 5.91 Å². The highest BCUT2D eigenvalue weighted by atomic mass is 31.2. The number of aliphatic hydroxyl groups excluding tert-OH is 1. The third kappa shape index (κ3) is 62.8. The molecule has 0 bridgehead atoms. The van der Waals surface area contributed by atoms with Crippen molar-refractivity contribution in [3.63, 3.8) is 0 Å². The minimum atomic E-state index is -4.33. The maximum atomic E-state index is 13.1. The first-order valence-corrected chi connectivity index (χ1v) is 36.5. The van der Waals surface area contributed by atoms with E-state index in [-0.39, 0.29) is 19.1 Å². The van der Waals surface area contributed by atoms with Gasteiger partial charge in [-0.1, -0.05) is 341 Å². The number of aliphatic hydroxyl groups is 1. The van der Waals surface area contributed by atoms with E-state index in [2.05, 4.69) is 31.3 Å². The summed E-state index contributed by atoms with van der Waals surface area (Å²) in [5.74, 6) is -0.135. The van der Waals surface area contributed by atoms with Crippen molar-refractivity contribution in [1.29, 1.82) is 0 Å². The monoisotopic (exact) mass is 1120 g/mol. The molecule has 1 amide bonds. The molecule has 0 spiro atoms. The predicted molar refractivity (Wildman–Crippen MR) is 342 cm³/mol. The molecule has 78 heavy (non-hydrogen) atoms. The maximum absolute atomic E-state index is 13.1. The lowest BCUT2D eigenvalue weighted by molar-refractivity contribution is -0.870. The number of unbranched alkanes of at least 4 members (excludes halogenated alkanes) is 51. The number of carbonyl (C=O) groups excluding carboxylic acids is 1. The summed E-state index contributed by atoms with van der Waals surface area (Å²) >= 11 is 0.